The van der Waals surface area contributed by atoms with Crippen LogP contribution in [0.1, 0.15) is 22.3 Å². The van der Waals surface area contributed by atoms with E-state index >= 15 is 0 Å². The third-order valence-electron chi connectivity index (χ3n) is 3.64. The Morgan fingerprint density at radius 1 is 1.25 bits per heavy atom. The summed E-state index contributed by atoms with van der Waals surface area (Å²) in [4.78, 5) is 6.57. The molecule has 2 aromatic rings. The zero-order valence-electron chi connectivity index (χ0n) is 11.2. The maximum absolute atomic E-state index is 8.97. The van der Waals surface area contributed by atoms with Gasteiger partial charge in [-0.3, -0.25) is 0 Å². The Labute approximate surface area is 117 Å². The van der Waals surface area contributed by atoms with Gasteiger partial charge in [0, 0.05) is 19.3 Å². The number of aromatic nitrogens is 1. The highest BCUT2D eigenvalue weighted by Crippen LogP contribution is 2.30. The molecule has 1 aliphatic heterocycles. The molecule has 0 radical (unpaired) electrons. The molecule has 0 unspecified atom stereocenters. The lowest BCUT2D eigenvalue weighted by molar-refractivity contribution is 0.318. The average Bonchev–Trinajstić information content (AvgIpc) is 2.90. The fourth-order valence-electron chi connectivity index (χ4n) is 2.63. The largest absolute Gasteiger partial charge is 0.409 e. The molecule has 0 saturated carbocycles. The van der Waals surface area contributed by atoms with Gasteiger partial charge in [-0.1, -0.05) is 29.4 Å². The van der Waals surface area contributed by atoms with E-state index in [0.29, 0.717) is 5.56 Å². The van der Waals surface area contributed by atoms with Gasteiger partial charge in [0.15, 0.2) is 5.84 Å². The fourth-order valence-corrected chi connectivity index (χ4v) is 2.63. The number of oxime groups is 1. The number of nitrogens with two attached hydrogens (primary N) is 1. The predicted molar refractivity (Wildman–Crippen MR) is 77.8 cm³/mol. The molecule has 20 heavy (non-hydrogen) atoms. The van der Waals surface area contributed by atoms with Gasteiger partial charge in [-0.15, -0.1) is 0 Å². The number of rotatable bonds is 2. The molecule has 3 N–H and O–H groups in total. The van der Waals surface area contributed by atoms with Gasteiger partial charge in [0.2, 0.25) is 0 Å². The van der Waals surface area contributed by atoms with Crippen LogP contribution in [-0.2, 0) is 13.1 Å². The summed E-state index contributed by atoms with van der Waals surface area (Å²) in [5.41, 5.74) is 10.0. The lowest BCUT2D eigenvalue weighted by atomic mass is 10.1. The quantitative estimate of drug-likeness (QED) is 0.378. The zero-order valence-corrected chi connectivity index (χ0v) is 11.2. The number of pyridine rings is 1. The minimum absolute atomic E-state index is 0.0987. The second kappa shape index (κ2) is 4.85. The van der Waals surface area contributed by atoms with Crippen molar-refractivity contribution in [3.63, 3.8) is 0 Å². The van der Waals surface area contributed by atoms with Crippen LogP contribution in [-0.4, -0.2) is 16.0 Å². The summed E-state index contributed by atoms with van der Waals surface area (Å²) < 4.78 is 0. The molecular weight excluding hydrogens is 252 g/mol. The number of hydrogen-bond donors (Lipinski definition) is 2. The van der Waals surface area contributed by atoms with Crippen LogP contribution in [0.25, 0.3) is 0 Å². The number of benzene rings is 1. The SMILES string of the molecule is Cc1ccnc(N2Cc3ccccc3C2)c1/C(N)=N/O. The number of aryl methyl sites for hydroxylation is 1. The van der Waals surface area contributed by atoms with Crippen LogP contribution in [0, 0.1) is 6.92 Å². The van der Waals surface area contributed by atoms with E-state index in [1.165, 1.54) is 11.1 Å². The first kappa shape index (κ1) is 12.5. The Bertz CT molecular complexity index is 656. The van der Waals surface area contributed by atoms with Gasteiger partial charge in [-0.25, -0.2) is 4.98 Å². The fraction of sp³-hybridized carbons (Fsp3) is 0.200. The Morgan fingerprint density at radius 2 is 1.90 bits per heavy atom. The van der Waals surface area contributed by atoms with Gasteiger partial charge in [0.25, 0.3) is 0 Å². The van der Waals surface area contributed by atoms with E-state index in [2.05, 4.69) is 27.2 Å². The molecule has 0 aliphatic carbocycles. The smallest absolute Gasteiger partial charge is 0.174 e. The molecule has 3 rings (SSSR count). The van der Waals surface area contributed by atoms with Gasteiger partial charge in [0.05, 0.1) is 5.56 Å². The third kappa shape index (κ3) is 1.97. The lowest BCUT2D eigenvalue weighted by Crippen LogP contribution is -2.24. The molecule has 0 bridgehead atoms. The van der Waals surface area contributed by atoms with Gasteiger partial charge in [-0.2, -0.15) is 0 Å². The number of hydrogen-bond acceptors (Lipinski definition) is 4. The highest BCUT2D eigenvalue weighted by atomic mass is 16.4. The van der Waals surface area contributed by atoms with Crippen molar-refractivity contribution in [2.24, 2.45) is 10.9 Å². The molecule has 0 fully saturated rings. The summed E-state index contributed by atoms with van der Waals surface area (Å²) in [6.07, 6.45) is 1.75. The third-order valence-corrected chi connectivity index (χ3v) is 3.64. The lowest BCUT2D eigenvalue weighted by Gasteiger charge is -2.20. The molecule has 0 spiro atoms. The van der Waals surface area contributed by atoms with Crippen LogP contribution >= 0.6 is 0 Å². The Kier molecular flexibility index (Phi) is 3.02. The Balaban J connectivity index is 2.03. The zero-order chi connectivity index (χ0) is 14.1. The van der Waals surface area contributed by atoms with E-state index in [0.717, 1.165) is 24.5 Å². The number of fused-ring (bicyclic) bond motifs is 1. The van der Waals surface area contributed by atoms with Gasteiger partial charge < -0.3 is 15.8 Å². The Morgan fingerprint density at radius 3 is 2.50 bits per heavy atom. The van der Waals surface area contributed by atoms with E-state index in [1.807, 2.05) is 25.1 Å². The summed E-state index contributed by atoms with van der Waals surface area (Å²) >= 11 is 0. The van der Waals surface area contributed by atoms with Crippen molar-refractivity contribution in [3.8, 4) is 0 Å². The molecule has 5 heteroatoms. The Hall–Kier alpha value is -2.56. The van der Waals surface area contributed by atoms with Gasteiger partial charge >= 0.3 is 0 Å². The second-order valence-corrected chi connectivity index (χ2v) is 4.94. The molecule has 2 heterocycles. The molecule has 0 amide bonds. The van der Waals surface area contributed by atoms with Crippen molar-refractivity contribution in [1.29, 1.82) is 0 Å². The minimum Gasteiger partial charge on any atom is -0.409 e. The molecule has 1 aromatic heterocycles. The van der Waals surface area contributed by atoms with Crippen molar-refractivity contribution in [2.75, 3.05) is 4.90 Å². The van der Waals surface area contributed by atoms with E-state index in [4.69, 9.17) is 10.9 Å². The normalized spacial score (nSPS) is 14.4. The number of anilines is 1. The molecule has 5 nitrogen and oxygen atoms in total. The van der Waals surface area contributed by atoms with Crippen LogP contribution in [0.3, 0.4) is 0 Å². The average molecular weight is 268 g/mol. The van der Waals surface area contributed by atoms with Crippen LogP contribution < -0.4 is 10.6 Å². The monoisotopic (exact) mass is 268 g/mol. The van der Waals surface area contributed by atoms with Crippen molar-refractivity contribution >= 4 is 11.7 Å². The van der Waals surface area contributed by atoms with E-state index in [-0.39, 0.29) is 5.84 Å². The molecular formula is C15H16N4O. The minimum atomic E-state index is 0.0987. The number of amidine groups is 1. The molecule has 1 aliphatic rings. The summed E-state index contributed by atoms with van der Waals surface area (Å²) in [6.45, 7) is 3.51. The highest BCUT2D eigenvalue weighted by Gasteiger charge is 2.23. The molecule has 0 atom stereocenters. The van der Waals surface area contributed by atoms with E-state index in [9.17, 15) is 0 Å². The first-order valence-corrected chi connectivity index (χ1v) is 6.46. The summed E-state index contributed by atoms with van der Waals surface area (Å²) in [7, 11) is 0. The standard InChI is InChI=1S/C15H16N4O/c1-10-6-7-17-15(13(10)14(16)18-20)19-8-11-4-2-3-5-12(11)9-19/h2-7,20H,8-9H2,1H3,(H2,16,18). The second-order valence-electron chi connectivity index (χ2n) is 4.94. The van der Waals surface area contributed by atoms with Gasteiger partial charge in [-0.05, 0) is 29.7 Å². The molecule has 0 saturated heterocycles. The molecule has 1 aromatic carbocycles. The summed E-state index contributed by atoms with van der Waals surface area (Å²) in [5.74, 6) is 0.859. The van der Waals surface area contributed by atoms with Crippen molar-refractivity contribution in [2.45, 2.75) is 20.0 Å². The van der Waals surface area contributed by atoms with Crippen LogP contribution in [0.4, 0.5) is 5.82 Å². The topological polar surface area (TPSA) is 74.7 Å². The van der Waals surface area contributed by atoms with Crippen LogP contribution in [0.2, 0.25) is 0 Å². The first-order valence-electron chi connectivity index (χ1n) is 6.46. The summed E-state index contributed by atoms with van der Waals surface area (Å²) in [5, 5.41) is 12.1. The van der Waals surface area contributed by atoms with Crippen molar-refractivity contribution in [3.05, 3.63) is 58.8 Å². The van der Waals surface area contributed by atoms with Crippen molar-refractivity contribution in [1.82, 2.24) is 4.98 Å². The maximum Gasteiger partial charge on any atom is 0.174 e. The van der Waals surface area contributed by atoms with E-state index in [1.54, 1.807) is 6.20 Å². The molecule has 102 valence electrons. The van der Waals surface area contributed by atoms with Crippen molar-refractivity contribution < 1.29 is 5.21 Å². The predicted octanol–water partition coefficient (Wildman–Crippen LogP) is 2.00. The maximum atomic E-state index is 8.97. The van der Waals surface area contributed by atoms with Crippen LogP contribution in [0.15, 0.2) is 41.7 Å². The first-order chi connectivity index (χ1) is 9.70. The van der Waals surface area contributed by atoms with E-state index < -0.39 is 0 Å². The highest BCUT2D eigenvalue weighted by molar-refractivity contribution is 6.02. The number of nitrogens with zero attached hydrogens (tertiary/aromatic N) is 3. The van der Waals surface area contributed by atoms with Gasteiger partial charge in [0.1, 0.15) is 5.82 Å². The van der Waals surface area contributed by atoms with Crippen LogP contribution in [0.5, 0.6) is 0 Å². The summed E-state index contributed by atoms with van der Waals surface area (Å²) in [6, 6.07) is 10.2.